The molecule has 0 heterocycles. The molecule has 0 spiro atoms. The Morgan fingerprint density at radius 3 is 2.55 bits per heavy atom. The molecule has 8 heteroatoms. The van der Waals surface area contributed by atoms with E-state index in [4.69, 9.17) is 4.74 Å². The van der Waals surface area contributed by atoms with Crippen LogP contribution in [0.4, 0.5) is 8.78 Å². The van der Waals surface area contributed by atoms with Gasteiger partial charge in [-0.1, -0.05) is 6.07 Å². The molecule has 0 atom stereocenters. The molecule has 20 heavy (non-hydrogen) atoms. The molecule has 0 amide bonds. The van der Waals surface area contributed by atoms with Crippen LogP contribution in [0.15, 0.2) is 23.2 Å². The molecule has 0 radical (unpaired) electrons. The van der Waals surface area contributed by atoms with Gasteiger partial charge < -0.3 is 20.1 Å². The van der Waals surface area contributed by atoms with Crippen LogP contribution in [0.5, 0.6) is 11.5 Å². The number of halogens is 3. The molecule has 114 valence electrons. The molecule has 0 saturated heterocycles. The molecule has 1 aromatic carbocycles. The zero-order valence-corrected chi connectivity index (χ0v) is 13.8. The van der Waals surface area contributed by atoms with E-state index in [1.54, 1.807) is 26.2 Å². The van der Waals surface area contributed by atoms with Crippen molar-refractivity contribution in [3.05, 3.63) is 23.8 Å². The quantitative estimate of drug-likeness (QED) is 0.452. The van der Waals surface area contributed by atoms with E-state index in [2.05, 4.69) is 20.4 Å². The molecule has 0 bridgehead atoms. The summed E-state index contributed by atoms with van der Waals surface area (Å²) in [6, 6.07) is 4.84. The van der Waals surface area contributed by atoms with Gasteiger partial charge in [-0.15, -0.1) is 24.0 Å². The monoisotopic (exact) mass is 401 g/mol. The summed E-state index contributed by atoms with van der Waals surface area (Å²) in [6.07, 6.45) is 0. The van der Waals surface area contributed by atoms with Crippen LogP contribution in [0.3, 0.4) is 0 Å². The van der Waals surface area contributed by atoms with Crippen molar-refractivity contribution in [3.63, 3.8) is 0 Å². The summed E-state index contributed by atoms with van der Waals surface area (Å²) in [5.74, 6) is 0.880. The van der Waals surface area contributed by atoms with Crippen molar-refractivity contribution in [2.45, 2.75) is 13.2 Å². The summed E-state index contributed by atoms with van der Waals surface area (Å²) in [5.41, 5.74) is 0.771. The molecule has 0 aliphatic heterocycles. The lowest BCUT2D eigenvalue weighted by atomic mass is 10.2. The Labute approximate surface area is 133 Å². The van der Waals surface area contributed by atoms with Gasteiger partial charge in [0.15, 0.2) is 17.5 Å². The Kier molecular flexibility index (Phi) is 8.93. The van der Waals surface area contributed by atoms with Crippen LogP contribution in [0, 0.1) is 0 Å². The van der Waals surface area contributed by atoms with Crippen molar-refractivity contribution in [1.29, 1.82) is 0 Å². The van der Waals surface area contributed by atoms with Gasteiger partial charge in [0.05, 0.1) is 7.11 Å². The predicted molar refractivity (Wildman–Crippen MR) is 84.3 cm³/mol. The third kappa shape index (κ3) is 5.76. The smallest absolute Gasteiger partial charge is 0.387 e. The van der Waals surface area contributed by atoms with Crippen LogP contribution >= 0.6 is 24.0 Å². The summed E-state index contributed by atoms with van der Waals surface area (Å²) < 4.78 is 33.9. The third-order valence-electron chi connectivity index (χ3n) is 2.36. The minimum atomic E-state index is -2.89. The molecule has 0 aromatic heterocycles. The second-order valence-electron chi connectivity index (χ2n) is 3.54. The van der Waals surface area contributed by atoms with Crippen LogP contribution in [-0.4, -0.2) is 33.8 Å². The molecule has 2 N–H and O–H groups in total. The number of hydrogen-bond acceptors (Lipinski definition) is 3. The van der Waals surface area contributed by atoms with Crippen molar-refractivity contribution >= 4 is 29.9 Å². The minimum Gasteiger partial charge on any atom is -0.493 e. The van der Waals surface area contributed by atoms with Crippen molar-refractivity contribution < 1.29 is 18.3 Å². The second kappa shape index (κ2) is 9.56. The number of ether oxygens (including phenoxy) is 2. The Morgan fingerprint density at radius 1 is 1.35 bits per heavy atom. The fourth-order valence-corrected chi connectivity index (χ4v) is 1.48. The number of hydrogen-bond donors (Lipinski definition) is 2. The van der Waals surface area contributed by atoms with Gasteiger partial charge in [-0.3, -0.25) is 4.99 Å². The standard InChI is InChI=1S/C12H17F2N3O2.HI/c1-15-12(16-2)17-7-8-4-5-9(18-3)10(6-8)19-11(13)14;/h4-6,11H,7H2,1-3H3,(H2,15,16,17);1H. The highest BCUT2D eigenvalue weighted by Gasteiger charge is 2.11. The molecule has 1 rings (SSSR count). The number of nitrogens with zero attached hydrogens (tertiary/aromatic N) is 1. The highest BCUT2D eigenvalue weighted by Crippen LogP contribution is 2.29. The topological polar surface area (TPSA) is 54.9 Å². The number of rotatable bonds is 5. The largest absolute Gasteiger partial charge is 0.493 e. The van der Waals surface area contributed by atoms with Crippen molar-refractivity contribution in [2.24, 2.45) is 4.99 Å². The fraction of sp³-hybridized carbons (Fsp3) is 0.417. The van der Waals surface area contributed by atoms with E-state index < -0.39 is 6.61 Å². The molecular formula is C12H18F2IN3O2. The molecular weight excluding hydrogens is 383 g/mol. The first-order valence-electron chi connectivity index (χ1n) is 5.60. The van der Waals surface area contributed by atoms with Gasteiger partial charge in [0.1, 0.15) is 0 Å². The normalized spacial score (nSPS) is 10.8. The highest BCUT2D eigenvalue weighted by molar-refractivity contribution is 14.0. The minimum absolute atomic E-state index is 0. The maximum absolute atomic E-state index is 12.3. The van der Waals surface area contributed by atoms with Gasteiger partial charge in [0, 0.05) is 20.6 Å². The average Bonchev–Trinajstić information content (AvgIpc) is 2.39. The van der Waals surface area contributed by atoms with E-state index in [1.807, 2.05) is 0 Å². The number of nitrogens with one attached hydrogen (secondary N) is 2. The molecule has 0 unspecified atom stereocenters. The fourth-order valence-electron chi connectivity index (χ4n) is 1.48. The number of benzene rings is 1. The number of guanidine groups is 1. The molecule has 0 fully saturated rings. The average molecular weight is 401 g/mol. The van der Waals surface area contributed by atoms with E-state index >= 15 is 0 Å². The zero-order chi connectivity index (χ0) is 14.3. The predicted octanol–water partition coefficient (Wildman–Crippen LogP) is 2.21. The van der Waals surface area contributed by atoms with Crippen LogP contribution in [0.25, 0.3) is 0 Å². The Morgan fingerprint density at radius 2 is 2.05 bits per heavy atom. The van der Waals surface area contributed by atoms with E-state index in [0.717, 1.165) is 5.56 Å². The van der Waals surface area contributed by atoms with Crippen LogP contribution in [0.2, 0.25) is 0 Å². The Bertz CT molecular complexity index is 445. The van der Waals surface area contributed by atoms with Gasteiger partial charge >= 0.3 is 6.61 Å². The SMILES string of the molecule is CN=C(NC)NCc1ccc(OC)c(OC(F)F)c1.I. The lowest BCUT2D eigenvalue weighted by molar-refractivity contribution is -0.0512. The maximum Gasteiger partial charge on any atom is 0.387 e. The lowest BCUT2D eigenvalue weighted by Gasteiger charge is -2.13. The van der Waals surface area contributed by atoms with Crippen molar-refractivity contribution in [2.75, 3.05) is 21.2 Å². The van der Waals surface area contributed by atoms with Gasteiger partial charge in [0.25, 0.3) is 0 Å². The maximum atomic E-state index is 12.3. The Balaban J connectivity index is 0.00000361. The number of aliphatic imine (C=N–C) groups is 1. The molecule has 0 aliphatic carbocycles. The first kappa shape index (κ1) is 18.7. The summed E-state index contributed by atoms with van der Waals surface area (Å²) >= 11 is 0. The second-order valence-corrected chi connectivity index (χ2v) is 3.54. The molecule has 0 aliphatic rings. The summed E-state index contributed by atoms with van der Waals surface area (Å²) in [4.78, 5) is 3.94. The van der Waals surface area contributed by atoms with E-state index in [0.29, 0.717) is 12.5 Å². The van der Waals surface area contributed by atoms with Crippen molar-refractivity contribution in [3.8, 4) is 11.5 Å². The first-order chi connectivity index (χ1) is 9.10. The number of alkyl halides is 2. The first-order valence-corrected chi connectivity index (χ1v) is 5.60. The summed E-state index contributed by atoms with van der Waals surface area (Å²) in [7, 11) is 4.77. The van der Waals surface area contributed by atoms with Crippen molar-refractivity contribution in [1.82, 2.24) is 10.6 Å². The summed E-state index contributed by atoms with van der Waals surface area (Å²) in [5, 5.41) is 5.86. The van der Waals surface area contributed by atoms with E-state index in [-0.39, 0.29) is 35.5 Å². The molecule has 1 aromatic rings. The van der Waals surface area contributed by atoms with Crippen LogP contribution in [-0.2, 0) is 6.54 Å². The third-order valence-corrected chi connectivity index (χ3v) is 2.36. The Hall–Kier alpha value is -1.32. The summed E-state index contributed by atoms with van der Waals surface area (Å²) in [6.45, 7) is -2.46. The molecule has 0 saturated carbocycles. The number of methoxy groups -OCH3 is 1. The lowest BCUT2D eigenvalue weighted by Crippen LogP contribution is -2.34. The van der Waals surface area contributed by atoms with Crippen LogP contribution in [0.1, 0.15) is 5.56 Å². The zero-order valence-electron chi connectivity index (χ0n) is 11.4. The van der Waals surface area contributed by atoms with E-state index in [9.17, 15) is 8.78 Å². The highest BCUT2D eigenvalue weighted by atomic mass is 127. The van der Waals surface area contributed by atoms with Gasteiger partial charge in [-0.05, 0) is 17.7 Å². The van der Waals surface area contributed by atoms with Gasteiger partial charge in [0.2, 0.25) is 0 Å². The van der Waals surface area contributed by atoms with Gasteiger partial charge in [-0.25, -0.2) is 0 Å². The van der Waals surface area contributed by atoms with Gasteiger partial charge in [-0.2, -0.15) is 8.78 Å². The van der Waals surface area contributed by atoms with Crippen LogP contribution < -0.4 is 20.1 Å². The molecule has 5 nitrogen and oxygen atoms in total. The van der Waals surface area contributed by atoms with E-state index in [1.165, 1.54) is 13.2 Å².